The molecule has 0 aliphatic rings. The maximum atomic E-state index is 12.2. The van der Waals surface area contributed by atoms with Crippen molar-refractivity contribution in [1.82, 2.24) is 5.32 Å². The van der Waals surface area contributed by atoms with Crippen LogP contribution in [-0.4, -0.2) is 20.1 Å². The number of hydrogen-bond donors (Lipinski definition) is 1. The van der Waals surface area contributed by atoms with E-state index in [1.165, 1.54) is 6.26 Å². The fourth-order valence-electron chi connectivity index (χ4n) is 2.15. The van der Waals surface area contributed by atoms with Crippen molar-refractivity contribution in [2.24, 2.45) is 0 Å². The molecule has 1 unspecified atom stereocenters. The maximum Gasteiger partial charge on any atom is 0.255 e. The van der Waals surface area contributed by atoms with Crippen LogP contribution < -0.4 is 14.8 Å². The van der Waals surface area contributed by atoms with Gasteiger partial charge in [0, 0.05) is 5.56 Å². The van der Waals surface area contributed by atoms with Crippen LogP contribution in [-0.2, 0) is 0 Å². The van der Waals surface area contributed by atoms with Gasteiger partial charge in [0.05, 0.1) is 32.1 Å². The van der Waals surface area contributed by atoms with Gasteiger partial charge in [-0.05, 0) is 38.1 Å². The van der Waals surface area contributed by atoms with Gasteiger partial charge in [0.2, 0.25) is 0 Å². The Hall–Kier alpha value is -2.43. The quantitative estimate of drug-likeness (QED) is 0.918. The van der Waals surface area contributed by atoms with Gasteiger partial charge in [-0.1, -0.05) is 0 Å². The third-order valence-corrected chi connectivity index (χ3v) is 3.35. The number of ether oxygens (including phenoxy) is 2. The molecule has 0 saturated heterocycles. The smallest absolute Gasteiger partial charge is 0.255 e. The molecule has 1 aromatic heterocycles. The first-order chi connectivity index (χ1) is 10.1. The van der Waals surface area contributed by atoms with Crippen molar-refractivity contribution in [2.45, 2.75) is 19.9 Å². The third-order valence-electron chi connectivity index (χ3n) is 3.35. The van der Waals surface area contributed by atoms with Crippen molar-refractivity contribution in [3.63, 3.8) is 0 Å². The van der Waals surface area contributed by atoms with E-state index in [1.54, 1.807) is 27.2 Å². The highest BCUT2D eigenvalue weighted by Gasteiger charge is 2.18. The van der Waals surface area contributed by atoms with Crippen molar-refractivity contribution >= 4 is 5.91 Å². The van der Waals surface area contributed by atoms with Gasteiger partial charge in [0.25, 0.3) is 5.91 Å². The van der Waals surface area contributed by atoms with E-state index in [-0.39, 0.29) is 11.9 Å². The number of benzene rings is 1. The van der Waals surface area contributed by atoms with Gasteiger partial charge in [-0.3, -0.25) is 4.79 Å². The number of nitrogens with one attached hydrogen (secondary N) is 1. The molecule has 2 aromatic rings. The molecular weight excluding hydrogens is 270 g/mol. The van der Waals surface area contributed by atoms with Gasteiger partial charge in [0.15, 0.2) is 0 Å². The van der Waals surface area contributed by atoms with Crippen LogP contribution in [0.5, 0.6) is 11.5 Å². The molecule has 21 heavy (non-hydrogen) atoms. The van der Waals surface area contributed by atoms with Gasteiger partial charge in [-0.25, -0.2) is 0 Å². The summed E-state index contributed by atoms with van der Waals surface area (Å²) in [6.45, 7) is 3.65. The Morgan fingerprint density at radius 3 is 2.57 bits per heavy atom. The normalized spacial score (nSPS) is 11.8. The van der Waals surface area contributed by atoms with E-state index in [0.29, 0.717) is 22.8 Å². The second-order valence-electron chi connectivity index (χ2n) is 4.69. The summed E-state index contributed by atoms with van der Waals surface area (Å²) in [7, 11) is 3.20. The van der Waals surface area contributed by atoms with Crippen molar-refractivity contribution in [2.75, 3.05) is 14.2 Å². The zero-order valence-electron chi connectivity index (χ0n) is 12.6. The van der Waals surface area contributed by atoms with E-state index in [4.69, 9.17) is 13.9 Å². The van der Waals surface area contributed by atoms with Gasteiger partial charge < -0.3 is 19.2 Å². The predicted octanol–water partition coefficient (Wildman–Crippen LogP) is 3.10. The third kappa shape index (κ3) is 3.18. The molecule has 0 aliphatic heterocycles. The molecule has 1 atom stereocenters. The highest BCUT2D eigenvalue weighted by atomic mass is 16.5. The molecule has 0 bridgehead atoms. The first-order valence-corrected chi connectivity index (χ1v) is 6.63. The van der Waals surface area contributed by atoms with Crippen LogP contribution in [0.4, 0.5) is 0 Å². The molecule has 112 valence electrons. The number of carbonyl (C=O) groups excluding carboxylic acids is 1. The van der Waals surface area contributed by atoms with Gasteiger partial charge >= 0.3 is 0 Å². The molecule has 1 heterocycles. The molecule has 0 saturated carbocycles. The van der Waals surface area contributed by atoms with Crippen LogP contribution in [0.25, 0.3) is 0 Å². The number of hydrogen-bond acceptors (Lipinski definition) is 4. The van der Waals surface area contributed by atoms with E-state index in [2.05, 4.69) is 5.32 Å². The zero-order valence-corrected chi connectivity index (χ0v) is 12.6. The fraction of sp³-hybridized carbons (Fsp3) is 0.312. The largest absolute Gasteiger partial charge is 0.497 e. The molecule has 2 rings (SSSR count). The highest BCUT2D eigenvalue weighted by Crippen LogP contribution is 2.29. The molecule has 0 aliphatic carbocycles. The average molecular weight is 289 g/mol. The minimum absolute atomic E-state index is 0.182. The SMILES string of the molecule is COc1ccc(OC)c(C(C)NC(=O)c2ccoc2C)c1. The Morgan fingerprint density at radius 2 is 2.00 bits per heavy atom. The number of rotatable bonds is 5. The Morgan fingerprint density at radius 1 is 1.24 bits per heavy atom. The van der Waals surface area contributed by atoms with Crippen LogP contribution in [0, 0.1) is 6.92 Å². The standard InChI is InChI=1S/C16H19NO4/c1-10(17-16(18)13-7-8-21-11(13)2)14-9-12(19-3)5-6-15(14)20-4/h5-10H,1-4H3,(H,17,18). The fourth-order valence-corrected chi connectivity index (χ4v) is 2.15. The summed E-state index contributed by atoms with van der Waals surface area (Å²) in [6.07, 6.45) is 1.50. The van der Waals surface area contributed by atoms with E-state index in [0.717, 1.165) is 5.56 Å². The van der Waals surface area contributed by atoms with Gasteiger partial charge in [-0.15, -0.1) is 0 Å². The Balaban J connectivity index is 2.22. The number of amides is 1. The lowest BCUT2D eigenvalue weighted by molar-refractivity contribution is 0.0938. The van der Waals surface area contributed by atoms with Crippen LogP contribution in [0.3, 0.4) is 0 Å². The minimum atomic E-state index is -0.225. The van der Waals surface area contributed by atoms with Crippen molar-refractivity contribution in [3.05, 3.63) is 47.4 Å². The van der Waals surface area contributed by atoms with E-state index in [1.807, 2.05) is 25.1 Å². The first-order valence-electron chi connectivity index (χ1n) is 6.63. The second kappa shape index (κ2) is 6.35. The summed E-state index contributed by atoms with van der Waals surface area (Å²) in [5, 5.41) is 2.93. The molecule has 1 amide bonds. The summed E-state index contributed by atoms with van der Waals surface area (Å²) in [6, 6.07) is 6.92. The zero-order chi connectivity index (χ0) is 15.4. The number of methoxy groups -OCH3 is 2. The molecule has 5 nitrogen and oxygen atoms in total. The monoisotopic (exact) mass is 289 g/mol. The summed E-state index contributed by atoms with van der Waals surface area (Å²) in [5.74, 6) is 1.83. The number of carbonyl (C=O) groups is 1. The Kier molecular flexibility index (Phi) is 4.52. The second-order valence-corrected chi connectivity index (χ2v) is 4.69. The van der Waals surface area contributed by atoms with E-state index >= 15 is 0 Å². The molecule has 1 N–H and O–H groups in total. The van der Waals surface area contributed by atoms with Crippen LogP contribution in [0.1, 0.15) is 34.6 Å². The molecule has 0 spiro atoms. The lowest BCUT2D eigenvalue weighted by atomic mass is 10.1. The summed E-state index contributed by atoms with van der Waals surface area (Å²) >= 11 is 0. The lowest BCUT2D eigenvalue weighted by Gasteiger charge is -2.18. The Bertz CT molecular complexity index is 633. The predicted molar refractivity (Wildman–Crippen MR) is 78.9 cm³/mol. The topological polar surface area (TPSA) is 60.7 Å². The minimum Gasteiger partial charge on any atom is -0.497 e. The number of aryl methyl sites for hydroxylation is 1. The van der Waals surface area contributed by atoms with Crippen molar-refractivity contribution in [3.8, 4) is 11.5 Å². The summed E-state index contributed by atoms with van der Waals surface area (Å²) < 4.78 is 15.7. The first kappa shape index (κ1) is 15.0. The molecule has 0 radical (unpaired) electrons. The lowest BCUT2D eigenvalue weighted by Crippen LogP contribution is -2.27. The highest BCUT2D eigenvalue weighted by molar-refractivity contribution is 5.95. The molecule has 5 heteroatoms. The average Bonchev–Trinajstić information content (AvgIpc) is 2.92. The van der Waals surface area contributed by atoms with Gasteiger partial charge in [0.1, 0.15) is 17.3 Å². The molecular formula is C16H19NO4. The van der Waals surface area contributed by atoms with Crippen LogP contribution >= 0.6 is 0 Å². The number of furan rings is 1. The maximum absolute atomic E-state index is 12.2. The van der Waals surface area contributed by atoms with Crippen molar-refractivity contribution < 1.29 is 18.7 Å². The van der Waals surface area contributed by atoms with Crippen LogP contribution in [0.15, 0.2) is 34.9 Å². The molecule has 1 aromatic carbocycles. The van der Waals surface area contributed by atoms with E-state index in [9.17, 15) is 4.79 Å². The van der Waals surface area contributed by atoms with Crippen molar-refractivity contribution in [1.29, 1.82) is 0 Å². The van der Waals surface area contributed by atoms with Gasteiger partial charge in [-0.2, -0.15) is 0 Å². The van der Waals surface area contributed by atoms with Crippen LogP contribution in [0.2, 0.25) is 0 Å². The summed E-state index contributed by atoms with van der Waals surface area (Å²) in [5.41, 5.74) is 1.38. The Labute approximate surface area is 123 Å². The van der Waals surface area contributed by atoms with E-state index < -0.39 is 0 Å². The molecule has 0 fully saturated rings. The summed E-state index contributed by atoms with van der Waals surface area (Å²) in [4.78, 5) is 12.2.